The fraction of sp³-hybridized carbons (Fsp3) is 0.115. The molecule has 34 heavy (non-hydrogen) atoms. The number of nitrogens with zero attached hydrogens (tertiary/aromatic N) is 4. The van der Waals surface area contributed by atoms with Crippen LogP contribution in [0.2, 0.25) is 0 Å². The van der Waals surface area contributed by atoms with Crippen molar-refractivity contribution in [2.75, 3.05) is 6.61 Å². The maximum atomic E-state index is 13.8. The van der Waals surface area contributed by atoms with E-state index in [9.17, 15) is 19.0 Å². The number of aromatic nitrogens is 4. The van der Waals surface area contributed by atoms with E-state index >= 15 is 0 Å². The summed E-state index contributed by atoms with van der Waals surface area (Å²) >= 11 is 0. The molecule has 1 unspecified atom stereocenters. The van der Waals surface area contributed by atoms with Gasteiger partial charge < -0.3 is 10.2 Å². The van der Waals surface area contributed by atoms with E-state index in [0.717, 1.165) is 22.3 Å². The van der Waals surface area contributed by atoms with Crippen LogP contribution in [-0.4, -0.2) is 42.7 Å². The third-order valence-corrected chi connectivity index (χ3v) is 5.54. The van der Waals surface area contributed by atoms with Crippen LogP contribution in [0.4, 0.5) is 8.78 Å². The molecular formula is C26H20F2N4O2. The average Bonchev–Trinajstić information content (AvgIpc) is 3.26. The van der Waals surface area contributed by atoms with Crippen molar-refractivity contribution in [3.8, 4) is 33.5 Å². The SMILES string of the molecule is OCC(O)Cn1cc2c(-c3ccc(F)cc3)c(-c3ccncc3)c(-c3ccc(F)cc3)nc2n1. The molecule has 2 aromatic carbocycles. The molecule has 0 radical (unpaired) electrons. The molecule has 8 heteroatoms. The van der Waals surface area contributed by atoms with E-state index in [-0.39, 0.29) is 18.2 Å². The predicted octanol–water partition coefficient (Wildman–Crippen LogP) is 4.46. The lowest BCUT2D eigenvalue weighted by Crippen LogP contribution is -2.19. The zero-order chi connectivity index (χ0) is 23.7. The Morgan fingerprint density at radius 2 is 1.38 bits per heavy atom. The molecule has 0 aliphatic carbocycles. The molecule has 3 aromatic heterocycles. The minimum atomic E-state index is -0.986. The number of aliphatic hydroxyl groups is 2. The van der Waals surface area contributed by atoms with Crippen LogP contribution in [0.15, 0.2) is 79.3 Å². The van der Waals surface area contributed by atoms with Gasteiger partial charge in [-0.2, -0.15) is 5.10 Å². The first-order chi connectivity index (χ1) is 16.5. The Labute approximate surface area is 193 Å². The van der Waals surface area contributed by atoms with Gasteiger partial charge in [0, 0.05) is 40.7 Å². The first kappa shape index (κ1) is 21.8. The molecule has 0 saturated heterocycles. The first-order valence-electron chi connectivity index (χ1n) is 10.7. The summed E-state index contributed by atoms with van der Waals surface area (Å²) in [7, 11) is 0. The summed E-state index contributed by atoms with van der Waals surface area (Å²) in [6, 6.07) is 15.9. The number of rotatable bonds is 6. The number of halogens is 2. The summed E-state index contributed by atoms with van der Waals surface area (Å²) in [5.41, 5.74) is 4.75. The van der Waals surface area contributed by atoms with Crippen LogP contribution in [0.5, 0.6) is 0 Å². The third-order valence-electron chi connectivity index (χ3n) is 5.54. The molecule has 0 amide bonds. The van der Waals surface area contributed by atoms with Crippen molar-refractivity contribution in [3.05, 3.63) is 90.9 Å². The van der Waals surface area contributed by atoms with Crippen LogP contribution in [0, 0.1) is 11.6 Å². The maximum Gasteiger partial charge on any atom is 0.182 e. The summed E-state index contributed by atoms with van der Waals surface area (Å²) in [4.78, 5) is 8.94. The molecule has 0 spiro atoms. The van der Waals surface area contributed by atoms with Gasteiger partial charge in [0.2, 0.25) is 0 Å². The van der Waals surface area contributed by atoms with E-state index in [4.69, 9.17) is 4.98 Å². The van der Waals surface area contributed by atoms with Gasteiger partial charge >= 0.3 is 0 Å². The highest BCUT2D eigenvalue weighted by Crippen LogP contribution is 2.42. The lowest BCUT2D eigenvalue weighted by molar-refractivity contribution is 0.0784. The van der Waals surface area contributed by atoms with E-state index in [1.807, 2.05) is 12.1 Å². The van der Waals surface area contributed by atoms with Crippen LogP contribution in [0.3, 0.4) is 0 Å². The smallest absolute Gasteiger partial charge is 0.182 e. The van der Waals surface area contributed by atoms with E-state index < -0.39 is 12.7 Å². The molecule has 0 bridgehead atoms. The molecule has 0 fully saturated rings. The quantitative estimate of drug-likeness (QED) is 0.393. The van der Waals surface area contributed by atoms with Gasteiger partial charge in [-0.3, -0.25) is 9.67 Å². The molecule has 0 aliphatic rings. The van der Waals surface area contributed by atoms with Crippen molar-refractivity contribution < 1.29 is 19.0 Å². The van der Waals surface area contributed by atoms with Crippen LogP contribution in [0.25, 0.3) is 44.5 Å². The van der Waals surface area contributed by atoms with E-state index in [0.29, 0.717) is 22.3 Å². The van der Waals surface area contributed by atoms with Crippen molar-refractivity contribution in [1.82, 2.24) is 19.7 Å². The van der Waals surface area contributed by atoms with Gasteiger partial charge in [-0.15, -0.1) is 0 Å². The van der Waals surface area contributed by atoms with Crippen molar-refractivity contribution in [3.63, 3.8) is 0 Å². The second kappa shape index (κ2) is 9.09. The van der Waals surface area contributed by atoms with Gasteiger partial charge in [-0.1, -0.05) is 12.1 Å². The fourth-order valence-electron chi connectivity index (χ4n) is 3.98. The lowest BCUT2D eigenvalue weighted by atomic mass is 9.90. The molecule has 6 nitrogen and oxygen atoms in total. The molecule has 5 aromatic rings. The Balaban J connectivity index is 1.87. The fourth-order valence-corrected chi connectivity index (χ4v) is 3.98. The molecule has 0 saturated carbocycles. The average molecular weight is 458 g/mol. The molecule has 2 N–H and O–H groups in total. The standard InChI is InChI=1S/C26H20F2N4O2/c27-19-5-1-16(2-6-19)23-22-14-32(13-21(34)15-33)31-26(22)30-25(18-3-7-20(28)8-4-18)24(23)17-9-11-29-12-10-17/h1-12,14,21,33-34H,13,15H2. The summed E-state index contributed by atoms with van der Waals surface area (Å²) in [6.45, 7) is -0.330. The van der Waals surface area contributed by atoms with E-state index in [1.54, 1.807) is 42.9 Å². The Hall–Kier alpha value is -4.01. The molecule has 1 atom stereocenters. The number of benzene rings is 2. The van der Waals surface area contributed by atoms with Crippen molar-refractivity contribution in [2.24, 2.45) is 0 Å². The molecule has 3 heterocycles. The van der Waals surface area contributed by atoms with E-state index in [1.165, 1.54) is 28.9 Å². The number of hydrogen-bond acceptors (Lipinski definition) is 5. The highest BCUT2D eigenvalue weighted by molar-refractivity contribution is 6.05. The van der Waals surface area contributed by atoms with Gasteiger partial charge in [0.15, 0.2) is 5.65 Å². The minimum Gasteiger partial charge on any atom is -0.394 e. The minimum absolute atomic E-state index is 0.0756. The van der Waals surface area contributed by atoms with Gasteiger partial charge in [-0.05, 0) is 59.7 Å². The molecule has 0 aliphatic heterocycles. The monoisotopic (exact) mass is 458 g/mol. The van der Waals surface area contributed by atoms with Crippen molar-refractivity contribution in [2.45, 2.75) is 12.6 Å². The number of aliphatic hydroxyl groups excluding tert-OH is 2. The summed E-state index contributed by atoms with van der Waals surface area (Å²) in [6.07, 6.45) is 4.10. The largest absolute Gasteiger partial charge is 0.394 e. The van der Waals surface area contributed by atoms with Gasteiger partial charge in [-0.25, -0.2) is 13.8 Å². The van der Waals surface area contributed by atoms with Crippen molar-refractivity contribution >= 4 is 11.0 Å². The van der Waals surface area contributed by atoms with Crippen molar-refractivity contribution in [1.29, 1.82) is 0 Å². The first-order valence-corrected chi connectivity index (χ1v) is 10.7. The van der Waals surface area contributed by atoms with Crippen LogP contribution < -0.4 is 0 Å². The Morgan fingerprint density at radius 1 is 0.794 bits per heavy atom. The molecule has 5 rings (SSSR count). The Bertz CT molecular complexity index is 1440. The summed E-state index contributed by atoms with van der Waals surface area (Å²) in [5.74, 6) is -0.726. The Morgan fingerprint density at radius 3 is 2.00 bits per heavy atom. The Kier molecular flexibility index (Phi) is 5.83. The zero-order valence-electron chi connectivity index (χ0n) is 17.9. The predicted molar refractivity (Wildman–Crippen MR) is 125 cm³/mol. The maximum absolute atomic E-state index is 13.8. The zero-order valence-corrected chi connectivity index (χ0v) is 17.9. The van der Waals surface area contributed by atoms with Gasteiger partial charge in [0.05, 0.1) is 24.9 Å². The van der Waals surface area contributed by atoms with Crippen LogP contribution in [-0.2, 0) is 6.54 Å². The highest BCUT2D eigenvalue weighted by Gasteiger charge is 2.22. The van der Waals surface area contributed by atoms with E-state index in [2.05, 4.69) is 10.1 Å². The summed E-state index contributed by atoms with van der Waals surface area (Å²) < 4.78 is 29.0. The molecule has 170 valence electrons. The molecular weight excluding hydrogens is 438 g/mol. The second-order valence-electron chi connectivity index (χ2n) is 7.88. The summed E-state index contributed by atoms with van der Waals surface area (Å²) in [5, 5.41) is 24.4. The number of pyridine rings is 2. The lowest BCUT2D eigenvalue weighted by Gasteiger charge is -2.16. The van der Waals surface area contributed by atoms with Crippen LogP contribution in [0.1, 0.15) is 0 Å². The van der Waals surface area contributed by atoms with Gasteiger partial charge in [0.1, 0.15) is 11.6 Å². The van der Waals surface area contributed by atoms with Gasteiger partial charge in [0.25, 0.3) is 0 Å². The number of fused-ring (bicyclic) bond motifs is 1. The number of hydrogen-bond donors (Lipinski definition) is 2. The topological polar surface area (TPSA) is 84.1 Å². The second-order valence-corrected chi connectivity index (χ2v) is 7.88. The normalized spacial score (nSPS) is 12.2. The third kappa shape index (κ3) is 4.16. The highest BCUT2D eigenvalue weighted by atomic mass is 19.1. The van der Waals surface area contributed by atoms with Crippen LogP contribution >= 0.6 is 0 Å².